The molecule has 1 aromatic rings. The molecule has 1 aliphatic rings. The van der Waals surface area contributed by atoms with Gasteiger partial charge in [0.15, 0.2) is 11.6 Å². The van der Waals surface area contributed by atoms with E-state index in [-0.39, 0.29) is 22.8 Å². The SMILES string of the molecule is CC1(C(N)=O)CCN(c2ccc(C(N)=S)c(F)c2F)C1. The first-order chi connectivity index (χ1) is 9.26. The van der Waals surface area contributed by atoms with E-state index in [2.05, 4.69) is 12.2 Å². The van der Waals surface area contributed by atoms with Gasteiger partial charge in [-0.1, -0.05) is 12.2 Å². The normalized spacial score (nSPS) is 22.1. The maximum atomic E-state index is 14.1. The Morgan fingerprint density at radius 1 is 1.35 bits per heavy atom. The van der Waals surface area contributed by atoms with Crippen molar-refractivity contribution in [1.82, 2.24) is 0 Å². The number of thiocarbonyl (C=S) groups is 1. The van der Waals surface area contributed by atoms with Crippen LogP contribution in [0.3, 0.4) is 0 Å². The van der Waals surface area contributed by atoms with Gasteiger partial charge >= 0.3 is 0 Å². The Labute approximate surface area is 120 Å². The summed E-state index contributed by atoms with van der Waals surface area (Å²) in [4.78, 5) is 12.8. The van der Waals surface area contributed by atoms with E-state index in [1.54, 1.807) is 11.8 Å². The predicted octanol–water partition coefficient (Wildman–Crippen LogP) is 1.30. The third kappa shape index (κ3) is 2.33. The Morgan fingerprint density at radius 3 is 2.50 bits per heavy atom. The first-order valence-corrected chi connectivity index (χ1v) is 6.50. The van der Waals surface area contributed by atoms with Crippen molar-refractivity contribution in [3.8, 4) is 0 Å². The molecule has 0 spiro atoms. The van der Waals surface area contributed by atoms with Crippen LogP contribution < -0.4 is 16.4 Å². The molecule has 4 nitrogen and oxygen atoms in total. The molecule has 108 valence electrons. The van der Waals surface area contributed by atoms with Gasteiger partial charge in [0.05, 0.1) is 11.1 Å². The molecular formula is C13H15F2N3OS. The molecule has 0 saturated carbocycles. The zero-order chi connectivity index (χ0) is 15.1. The third-order valence-corrected chi connectivity index (χ3v) is 3.96. The van der Waals surface area contributed by atoms with Crippen molar-refractivity contribution >= 4 is 28.8 Å². The lowest BCUT2D eigenvalue weighted by Gasteiger charge is -2.23. The molecule has 1 aliphatic heterocycles. The average Bonchev–Trinajstić information content (AvgIpc) is 2.76. The van der Waals surface area contributed by atoms with Crippen molar-refractivity contribution in [2.45, 2.75) is 13.3 Å². The Hall–Kier alpha value is -1.76. The van der Waals surface area contributed by atoms with E-state index in [4.69, 9.17) is 11.5 Å². The molecule has 1 atom stereocenters. The number of benzene rings is 1. The van der Waals surface area contributed by atoms with Crippen LogP contribution in [0, 0.1) is 17.0 Å². The molecule has 2 rings (SSSR count). The lowest BCUT2D eigenvalue weighted by molar-refractivity contribution is -0.125. The van der Waals surface area contributed by atoms with Crippen molar-refractivity contribution in [3.05, 3.63) is 29.3 Å². The van der Waals surface area contributed by atoms with E-state index in [1.165, 1.54) is 12.1 Å². The van der Waals surface area contributed by atoms with Crippen LogP contribution in [0.25, 0.3) is 0 Å². The van der Waals surface area contributed by atoms with Crippen molar-refractivity contribution in [1.29, 1.82) is 0 Å². The van der Waals surface area contributed by atoms with Crippen LogP contribution in [0.5, 0.6) is 0 Å². The smallest absolute Gasteiger partial charge is 0.225 e. The fraction of sp³-hybridized carbons (Fsp3) is 0.385. The minimum atomic E-state index is -1.07. The summed E-state index contributed by atoms with van der Waals surface area (Å²) in [5, 5.41) is 0. The molecule has 1 unspecified atom stereocenters. The molecule has 0 bridgehead atoms. The molecule has 1 heterocycles. The average molecular weight is 299 g/mol. The first-order valence-electron chi connectivity index (χ1n) is 6.09. The topological polar surface area (TPSA) is 72.4 Å². The van der Waals surface area contributed by atoms with Gasteiger partial charge in [0.25, 0.3) is 0 Å². The molecule has 0 aromatic heterocycles. The molecular weight excluding hydrogens is 284 g/mol. The second-order valence-electron chi connectivity index (χ2n) is 5.22. The fourth-order valence-electron chi connectivity index (χ4n) is 2.34. The summed E-state index contributed by atoms with van der Waals surface area (Å²) in [5.74, 6) is -2.52. The number of hydrogen-bond acceptors (Lipinski definition) is 3. The lowest BCUT2D eigenvalue weighted by atomic mass is 9.89. The van der Waals surface area contributed by atoms with E-state index in [1.807, 2.05) is 0 Å². The van der Waals surface area contributed by atoms with Crippen molar-refractivity contribution in [2.75, 3.05) is 18.0 Å². The summed E-state index contributed by atoms with van der Waals surface area (Å²) in [6, 6.07) is 2.76. The Morgan fingerprint density at radius 2 is 2.00 bits per heavy atom. The van der Waals surface area contributed by atoms with E-state index < -0.39 is 23.0 Å². The Balaban J connectivity index is 2.34. The minimum absolute atomic E-state index is 0.0903. The molecule has 4 N–H and O–H groups in total. The summed E-state index contributed by atoms with van der Waals surface area (Å²) >= 11 is 4.65. The largest absolute Gasteiger partial charge is 0.389 e. The summed E-state index contributed by atoms with van der Waals surface area (Å²) in [6.45, 7) is 2.40. The molecule has 1 aromatic carbocycles. The molecule has 0 aliphatic carbocycles. The highest BCUT2D eigenvalue weighted by molar-refractivity contribution is 7.80. The third-order valence-electron chi connectivity index (χ3n) is 3.74. The van der Waals surface area contributed by atoms with E-state index in [0.717, 1.165) is 0 Å². The molecule has 1 saturated heterocycles. The molecule has 0 radical (unpaired) electrons. The predicted molar refractivity (Wildman–Crippen MR) is 76.4 cm³/mol. The maximum absolute atomic E-state index is 14.1. The number of halogens is 2. The summed E-state index contributed by atoms with van der Waals surface area (Å²) in [5.41, 5.74) is 9.89. The van der Waals surface area contributed by atoms with Gasteiger partial charge in [-0.15, -0.1) is 0 Å². The molecule has 1 fully saturated rings. The van der Waals surface area contributed by atoms with Gasteiger partial charge in [0.1, 0.15) is 4.99 Å². The molecule has 1 amide bonds. The second-order valence-corrected chi connectivity index (χ2v) is 5.66. The van der Waals surface area contributed by atoms with Gasteiger partial charge in [0.2, 0.25) is 5.91 Å². The van der Waals surface area contributed by atoms with Gasteiger partial charge in [-0.05, 0) is 25.5 Å². The summed E-state index contributed by atoms with van der Waals surface area (Å²) in [7, 11) is 0. The zero-order valence-electron chi connectivity index (χ0n) is 11.0. The van der Waals surface area contributed by atoms with Crippen LogP contribution in [-0.4, -0.2) is 24.0 Å². The minimum Gasteiger partial charge on any atom is -0.389 e. The maximum Gasteiger partial charge on any atom is 0.225 e. The van der Waals surface area contributed by atoms with E-state index in [0.29, 0.717) is 13.0 Å². The van der Waals surface area contributed by atoms with Crippen molar-refractivity contribution < 1.29 is 13.6 Å². The van der Waals surface area contributed by atoms with Gasteiger partial charge in [-0.3, -0.25) is 4.79 Å². The summed E-state index contributed by atoms with van der Waals surface area (Å²) in [6.07, 6.45) is 0.500. The van der Waals surface area contributed by atoms with Crippen LogP contribution in [0.4, 0.5) is 14.5 Å². The highest BCUT2D eigenvalue weighted by Crippen LogP contribution is 2.35. The van der Waals surface area contributed by atoms with Gasteiger partial charge in [-0.25, -0.2) is 8.78 Å². The lowest BCUT2D eigenvalue weighted by Crippen LogP contribution is -2.37. The van der Waals surface area contributed by atoms with Crippen LogP contribution in [0.1, 0.15) is 18.9 Å². The monoisotopic (exact) mass is 299 g/mol. The van der Waals surface area contributed by atoms with Crippen molar-refractivity contribution in [3.63, 3.8) is 0 Å². The number of hydrogen-bond donors (Lipinski definition) is 2. The molecule has 7 heteroatoms. The second kappa shape index (κ2) is 4.97. The number of nitrogens with two attached hydrogens (primary N) is 2. The van der Waals surface area contributed by atoms with Crippen LogP contribution >= 0.6 is 12.2 Å². The number of carbonyl (C=O) groups is 1. The summed E-state index contributed by atoms with van der Waals surface area (Å²) < 4.78 is 27.9. The van der Waals surface area contributed by atoms with E-state index >= 15 is 0 Å². The zero-order valence-corrected chi connectivity index (χ0v) is 11.8. The first kappa shape index (κ1) is 14.6. The number of nitrogens with zero attached hydrogens (tertiary/aromatic N) is 1. The van der Waals surface area contributed by atoms with Gasteiger partial charge in [-0.2, -0.15) is 0 Å². The molecule has 20 heavy (non-hydrogen) atoms. The quantitative estimate of drug-likeness (QED) is 0.825. The standard InChI is InChI=1S/C13H15F2N3OS/c1-13(12(17)19)4-5-18(6-13)8-3-2-7(11(16)20)9(14)10(8)15/h2-3H,4-6H2,1H3,(H2,16,20)(H2,17,19). The number of carbonyl (C=O) groups excluding carboxylic acids is 1. The van der Waals surface area contributed by atoms with Gasteiger partial charge in [0, 0.05) is 18.7 Å². The van der Waals surface area contributed by atoms with Crippen molar-refractivity contribution in [2.24, 2.45) is 16.9 Å². The number of amides is 1. The van der Waals surface area contributed by atoms with Crippen LogP contribution in [-0.2, 0) is 4.79 Å². The van der Waals surface area contributed by atoms with Crippen LogP contribution in [0.15, 0.2) is 12.1 Å². The highest BCUT2D eigenvalue weighted by Gasteiger charge is 2.40. The fourth-order valence-corrected chi connectivity index (χ4v) is 2.50. The Kier molecular flexibility index (Phi) is 3.64. The number of anilines is 1. The number of rotatable bonds is 3. The Bertz CT molecular complexity index is 593. The van der Waals surface area contributed by atoms with Gasteiger partial charge < -0.3 is 16.4 Å². The van der Waals surface area contributed by atoms with E-state index in [9.17, 15) is 13.6 Å². The highest BCUT2D eigenvalue weighted by atomic mass is 32.1. The number of primary amides is 1. The van der Waals surface area contributed by atoms with Crippen LogP contribution in [0.2, 0.25) is 0 Å².